The van der Waals surface area contributed by atoms with Gasteiger partial charge in [0, 0.05) is 55.3 Å². The fourth-order valence-corrected chi connectivity index (χ4v) is 5.51. The van der Waals surface area contributed by atoms with E-state index in [1.54, 1.807) is 22.7 Å². The van der Waals surface area contributed by atoms with Gasteiger partial charge in [-0.3, -0.25) is 9.59 Å². The number of ketones is 1. The Bertz CT molecular complexity index is 1620. The van der Waals surface area contributed by atoms with E-state index in [0.717, 1.165) is 61.2 Å². The fraction of sp³-hybridized carbons (Fsp3) is 0.441. The van der Waals surface area contributed by atoms with Gasteiger partial charge in [-0.1, -0.05) is 50.2 Å². The van der Waals surface area contributed by atoms with Crippen LogP contribution < -0.4 is 21.3 Å². The van der Waals surface area contributed by atoms with Gasteiger partial charge in [0.25, 0.3) is 0 Å². The van der Waals surface area contributed by atoms with Crippen molar-refractivity contribution in [3.05, 3.63) is 77.0 Å². The number of nitrogens with two attached hydrogens (primary N) is 1. The van der Waals surface area contributed by atoms with E-state index >= 15 is 0 Å². The van der Waals surface area contributed by atoms with Gasteiger partial charge in [-0.25, -0.2) is 0 Å². The Kier molecular flexibility index (Phi) is 10.4. The highest BCUT2D eigenvalue weighted by Crippen LogP contribution is 2.25. The van der Waals surface area contributed by atoms with Crippen LogP contribution in [0.15, 0.2) is 54.7 Å². The minimum Gasteiger partial charge on any atom is -0.350 e. The smallest absolute Gasteiger partial charge is 0.230 e. The molecule has 1 fully saturated rings. The summed E-state index contributed by atoms with van der Waals surface area (Å²) in [5.41, 5.74) is 11.2. The fourth-order valence-electron chi connectivity index (χ4n) is 5.51. The van der Waals surface area contributed by atoms with Crippen molar-refractivity contribution in [1.29, 1.82) is 0 Å². The maximum Gasteiger partial charge on any atom is 0.230 e. The molecule has 238 valence electrons. The Morgan fingerprint density at radius 1 is 1.04 bits per heavy atom. The number of carbonyl (C=O) groups is 2. The number of benzene rings is 2. The van der Waals surface area contributed by atoms with Gasteiger partial charge in [0.2, 0.25) is 17.8 Å². The highest BCUT2D eigenvalue weighted by molar-refractivity contribution is 5.99. The second-order valence-corrected chi connectivity index (χ2v) is 12.5. The zero-order valence-electron chi connectivity index (χ0n) is 26.8. The van der Waals surface area contributed by atoms with Crippen LogP contribution in [0.5, 0.6) is 0 Å². The lowest BCUT2D eigenvalue weighted by Crippen LogP contribution is -2.40. The molecule has 0 aliphatic carbocycles. The number of aromatic nitrogens is 4. The lowest BCUT2D eigenvalue weighted by atomic mass is 10.0. The first-order chi connectivity index (χ1) is 21.7. The van der Waals surface area contributed by atoms with Crippen molar-refractivity contribution in [2.45, 2.75) is 64.5 Å². The van der Waals surface area contributed by atoms with Crippen molar-refractivity contribution in [3.63, 3.8) is 0 Å². The number of piperidine rings is 1. The predicted octanol–water partition coefficient (Wildman–Crippen LogP) is 4.49. The van der Waals surface area contributed by atoms with E-state index in [9.17, 15) is 9.59 Å². The maximum absolute atomic E-state index is 13.2. The molecule has 11 nitrogen and oxygen atoms in total. The van der Waals surface area contributed by atoms with Crippen LogP contribution in [0.1, 0.15) is 72.5 Å². The largest absolute Gasteiger partial charge is 0.350 e. The number of carbonyl (C=O) groups excluding carboxylic acids is 2. The Morgan fingerprint density at radius 2 is 1.80 bits per heavy atom. The van der Waals surface area contributed by atoms with Crippen LogP contribution in [0.4, 0.5) is 17.6 Å². The van der Waals surface area contributed by atoms with Crippen LogP contribution in [0.3, 0.4) is 0 Å². The first kappa shape index (κ1) is 32.1. The van der Waals surface area contributed by atoms with Gasteiger partial charge >= 0.3 is 0 Å². The van der Waals surface area contributed by atoms with E-state index in [4.69, 9.17) is 15.7 Å². The molecule has 0 saturated carbocycles. The number of Topliss-reactive ketones (excluding diaryl/α,β-unsaturated/α-hetero) is 1. The molecule has 4 aromatic rings. The molecular formula is C34H45N9O2. The number of hydrogen-bond acceptors (Lipinski definition) is 9. The number of nitrogens with one attached hydrogen (secondary N) is 2. The molecule has 1 aliphatic rings. The maximum atomic E-state index is 13.2. The van der Waals surface area contributed by atoms with Crippen LogP contribution in [-0.4, -0.2) is 75.9 Å². The molecule has 2 aromatic carbocycles. The SMILES string of the molecule is CC(C)c1cnn2c(NCc3cccc(CC(=O)c4cccc(NC(=O)CCCN(C)C)c4)c3)nc(N3CCC(N)CC3)nc12. The lowest BCUT2D eigenvalue weighted by molar-refractivity contribution is -0.116. The number of nitrogens with zero attached hydrogens (tertiary/aromatic N) is 6. The third-order valence-corrected chi connectivity index (χ3v) is 8.11. The van der Waals surface area contributed by atoms with Crippen LogP contribution in [0.2, 0.25) is 0 Å². The molecule has 1 saturated heterocycles. The van der Waals surface area contributed by atoms with Crippen LogP contribution in [0, 0.1) is 0 Å². The van der Waals surface area contributed by atoms with Crippen LogP contribution >= 0.6 is 0 Å². The van der Waals surface area contributed by atoms with Crippen molar-refractivity contribution in [3.8, 4) is 0 Å². The minimum absolute atomic E-state index is 0.00928. The van der Waals surface area contributed by atoms with Crippen LogP contribution in [-0.2, 0) is 17.8 Å². The molecule has 3 heterocycles. The quantitative estimate of drug-likeness (QED) is 0.187. The molecule has 11 heteroatoms. The van der Waals surface area contributed by atoms with E-state index < -0.39 is 0 Å². The predicted molar refractivity (Wildman–Crippen MR) is 179 cm³/mol. The van der Waals surface area contributed by atoms with E-state index in [0.29, 0.717) is 36.1 Å². The summed E-state index contributed by atoms with van der Waals surface area (Å²) < 4.78 is 1.77. The highest BCUT2D eigenvalue weighted by Gasteiger charge is 2.22. The summed E-state index contributed by atoms with van der Waals surface area (Å²) in [4.78, 5) is 39.6. The molecule has 0 atom stereocenters. The zero-order chi connectivity index (χ0) is 31.9. The van der Waals surface area contributed by atoms with E-state index in [1.165, 1.54) is 0 Å². The first-order valence-electron chi connectivity index (χ1n) is 15.8. The Labute approximate surface area is 265 Å². The molecule has 0 spiro atoms. The lowest BCUT2D eigenvalue weighted by Gasteiger charge is -2.30. The molecule has 45 heavy (non-hydrogen) atoms. The van der Waals surface area contributed by atoms with Crippen molar-refractivity contribution in [2.24, 2.45) is 5.73 Å². The molecular weight excluding hydrogens is 566 g/mol. The van der Waals surface area contributed by atoms with Crippen molar-refractivity contribution in [1.82, 2.24) is 24.5 Å². The summed E-state index contributed by atoms with van der Waals surface area (Å²) in [6, 6.07) is 15.4. The van der Waals surface area contributed by atoms with Gasteiger partial charge in [0.1, 0.15) is 0 Å². The Morgan fingerprint density at radius 3 is 2.56 bits per heavy atom. The number of hydrogen-bond donors (Lipinski definition) is 3. The van der Waals surface area contributed by atoms with E-state index in [2.05, 4.69) is 39.4 Å². The average molecular weight is 612 g/mol. The first-order valence-corrected chi connectivity index (χ1v) is 15.8. The Balaban J connectivity index is 1.26. The average Bonchev–Trinajstić information content (AvgIpc) is 3.45. The monoisotopic (exact) mass is 611 g/mol. The molecule has 0 unspecified atom stereocenters. The zero-order valence-corrected chi connectivity index (χ0v) is 26.8. The summed E-state index contributed by atoms with van der Waals surface area (Å²) in [5.74, 6) is 1.52. The number of fused-ring (bicyclic) bond motifs is 1. The highest BCUT2D eigenvalue weighted by atomic mass is 16.1. The second-order valence-electron chi connectivity index (χ2n) is 12.5. The normalized spacial score (nSPS) is 14.0. The van der Waals surface area contributed by atoms with Gasteiger partial charge in [-0.2, -0.15) is 19.6 Å². The molecule has 2 aromatic heterocycles. The second kappa shape index (κ2) is 14.6. The minimum atomic E-state index is -0.0506. The van der Waals surface area contributed by atoms with E-state index in [1.807, 2.05) is 50.6 Å². The summed E-state index contributed by atoms with van der Waals surface area (Å²) >= 11 is 0. The summed E-state index contributed by atoms with van der Waals surface area (Å²) in [7, 11) is 3.97. The summed E-state index contributed by atoms with van der Waals surface area (Å²) in [5, 5.41) is 11.0. The molecule has 5 rings (SSSR count). The standard InChI is InChI=1S/C34H45N9O2/c1-23(2)29-22-37-43-32(29)39-34(42-16-13-27(35)14-17-42)40-33(43)36-21-25-9-5-8-24(18-25)19-30(44)26-10-6-11-28(20-26)38-31(45)12-7-15-41(3)4/h5-6,8-11,18,20,22-23,27H,7,12-17,19,21,35H2,1-4H3,(H,38,45)(H,36,39,40). The van der Waals surface area contributed by atoms with Crippen molar-refractivity contribution < 1.29 is 9.59 Å². The topological polar surface area (TPSA) is 134 Å². The Hall–Kier alpha value is -4.35. The number of anilines is 3. The molecule has 0 bridgehead atoms. The van der Waals surface area contributed by atoms with Gasteiger partial charge in [0.05, 0.1) is 6.20 Å². The number of rotatable bonds is 13. The third kappa shape index (κ3) is 8.43. The van der Waals surface area contributed by atoms with Gasteiger partial charge in [-0.15, -0.1) is 0 Å². The third-order valence-electron chi connectivity index (χ3n) is 8.11. The van der Waals surface area contributed by atoms with Gasteiger partial charge < -0.3 is 26.2 Å². The van der Waals surface area contributed by atoms with Crippen molar-refractivity contribution >= 4 is 34.9 Å². The van der Waals surface area contributed by atoms with Gasteiger partial charge in [0.15, 0.2) is 11.4 Å². The van der Waals surface area contributed by atoms with Gasteiger partial charge in [-0.05, 0) is 69.1 Å². The molecule has 4 N–H and O–H groups in total. The molecule has 1 aliphatic heterocycles. The van der Waals surface area contributed by atoms with E-state index in [-0.39, 0.29) is 30.1 Å². The summed E-state index contributed by atoms with van der Waals surface area (Å²) in [6.45, 7) is 7.28. The van der Waals surface area contributed by atoms with Crippen LogP contribution in [0.25, 0.3) is 5.65 Å². The molecule has 1 amide bonds. The van der Waals surface area contributed by atoms with Crippen molar-refractivity contribution in [2.75, 3.05) is 49.3 Å². The summed E-state index contributed by atoms with van der Waals surface area (Å²) in [6.07, 6.45) is 5.16. The molecule has 0 radical (unpaired) electrons. The number of amides is 1.